The van der Waals surface area contributed by atoms with Gasteiger partial charge in [-0.1, -0.05) is 12.1 Å². The van der Waals surface area contributed by atoms with Gasteiger partial charge >= 0.3 is 0 Å². The fraction of sp³-hybridized carbons (Fsp3) is 0.200. The average molecular weight is 273 g/mol. The minimum absolute atomic E-state index is 0.161. The molecule has 104 valence electrons. The minimum atomic E-state index is -0.293. The second kappa shape index (κ2) is 5.69. The van der Waals surface area contributed by atoms with Crippen molar-refractivity contribution in [3.05, 3.63) is 59.2 Å². The number of aromatic nitrogens is 1. The summed E-state index contributed by atoms with van der Waals surface area (Å²) in [5.74, 6) is -0.453. The van der Waals surface area contributed by atoms with E-state index in [0.29, 0.717) is 23.5 Å². The highest BCUT2D eigenvalue weighted by molar-refractivity contribution is 5.95. The smallest absolute Gasteiger partial charge is 0.255 e. The molecule has 1 aromatic carbocycles. The second-order valence-electron chi connectivity index (χ2n) is 4.69. The normalized spacial score (nSPS) is 10.3. The van der Waals surface area contributed by atoms with Gasteiger partial charge in [0.15, 0.2) is 0 Å². The van der Waals surface area contributed by atoms with Crippen molar-refractivity contribution in [2.24, 2.45) is 0 Å². The molecule has 0 aliphatic rings. The van der Waals surface area contributed by atoms with E-state index < -0.39 is 0 Å². The molecule has 2 aromatic rings. The Morgan fingerprint density at radius 1 is 1.35 bits per heavy atom. The van der Waals surface area contributed by atoms with E-state index >= 15 is 0 Å². The van der Waals surface area contributed by atoms with E-state index in [1.54, 1.807) is 37.1 Å². The largest absolute Gasteiger partial charge is 0.397 e. The molecule has 4 nitrogen and oxygen atoms in total. The number of amides is 1. The number of nitrogens with zero attached hydrogens (tertiary/aromatic N) is 2. The Kier molecular flexibility index (Phi) is 3.98. The molecule has 20 heavy (non-hydrogen) atoms. The number of pyridine rings is 1. The van der Waals surface area contributed by atoms with Gasteiger partial charge in [0.1, 0.15) is 5.82 Å². The number of carbonyl (C=O) groups is 1. The van der Waals surface area contributed by atoms with Gasteiger partial charge in [-0.15, -0.1) is 0 Å². The summed E-state index contributed by atoms with van der Waals surface area (Å²) in [4.78, 5) is 18.0. The van der Waals surface area contributed by atoms with Crippen molar-refractivity contribution in [2.75, 3.05) is 12.8 Å². The summed E-state index contributed by atoms with van der Waals surface area (Å²) in [6.45, 7) is 2.16. The highest BCUT2D eigenvalue weighted by Gasteiger charge is 2.15. The number of halogens is 1. The molecule has 0 spiro atoms. The monoisotopic (exact) mass is 273 g/mol. The van der Waals surface area contributed by atoms with Crippen molar-refractivity contribution in [2.45, 2.75) is 13.5 Å². The minimum Gasteiger partial charge on any atom is -0.397 e. The van der Waals surface area contributed by atoms with Crippen LogP contribution in [0.25, 0.3) is 0 Å². The second-order valence-corrected chi connectivity index (χ2v) is 4.69. The lowest BCUT2D eigenvalue weighted by molar-refractivity contribution is 0.0784. The van der Waals surface area contributed by atoms with Crippen LogP contribution in [0.15, 0.2) is 36.5 Å². The molecule has 5 heteroatoms. The Labute approximate surface area is 117 Å². The molecule has 2 rings (SSSR count). The van der Waals surface area contributed by atoms with Crippen molar-refractivity contribution in [3.8, 4) is 0 Å². The fourth-order valence-corrected chi connectivity index (χ4v) is 1.91. The lowest BCUT2D eigenvalue weighted by Gasteiger charge is -2.18. The van der Waals surface area contributed by atoms with Crippen LogP contribution in [0.4, 0.5) is 10.1 Å². The number of nitrogen functional groups attached to an aromatic ring is 1. The standard InChI is InChI=1S/C15H16FN3O/c1-10-14(7-13(17)8-18-10)15(20)19(2)9-11-3-5-12(16)6-4-11/h3-8H,9,17H2,1-2H3. The van der Waals surface area contributed by atoms with Crippen LogP contribution in [-0.2, 0) is 6.54 Å². The molecule has 0 unspecified atom stereocenters. The van der Waals surface area contributed by atoms with Crippen molar-refractivity contribution in [1.29, 1.82) is 0 Å². The summed E-state index contributed by atoms with van der Waals surface area (Å²) in [6, 6.07) is 7.68. The summed E-state index contributed by atoms with van der Waals surface area (Å²) in [5, 5.41) is 0. The number of anilines is 1. The molecule has 1 heterocycles. The quantitative estimate of drug-likeness (QED) is 0.934. The number of carbonyl (C=O) groups excluding carboxylic acids is 1. The maximum atomic E-state index is 12.8. The first-order chi connectivity index (χ1) is 9.47. The third-order valence-electron chi connectivity index (χ3n) is 3.02. The molecule has 0 saturated heterocycles. The van der Waals surface area contributed by atoms with Crippen LogP contribution in [0, 0.1) is 12.7 Å². The van der Waals surface area contributed by atoms with Gasteiger partial charge in [0, 0.05) is 13.6 Å². The van der Waals surface area contributed by atoms with Crippen molar-refractivity contribution < 1.29 is 9.18 Å². The first kappa shape index (κ1) is 14.0. The van der Waals surface area contributed by atoms with E-state index in [2.05, 4.69) is 4.98 Å². The Balaban J connectivity index is 2.16. The Morgan fingerprint density at radius 3 is 2.65 bits per heavy atom. The molecular formula is C15H16FN3O. The van der Waals surface area contributed by atoms with E-state index in [1.165, 1.54) is 18.3 Å². The summed E-state index contributed by atoms with van der Waals surface area (Å²) in [5.41, 5.74) is 8.09. The van der Waals surface area contributed by atoms with Crippen LogP contribution in [0.3, 0.4) is 0 Å². The van der Waals surface area contributed by atoms with Crippen LogP contribution in [0.2, 0.25) is 0 Å². The van der Waals surface area contributed by atoms with Crippen molar-refractivity contribution in [1.82, 2.24) is 9.88 Å². The van der Waals surface area contributed by atoms with Crippen molar-refractivity contribution >= 4 is 11.6 Å². The van der Waals surface area contributed by atoms with E-state index in [9.17, 15) is 9.18 Å². The number of rotatable bonds is 3. The highest BCUT2D eigenvalue weighted by Crippen LogP contribution is 2.14. The SMILES string of the molecule is Cc1ncc(N)cc1C(=O)N(C)Cc1ccc(F)cc1. The third kappa shape index (κ3) is 3.12. The maximum absolute atomic E-state index is 12.8. The van der Waals surface area contributed by atoms with Crippen LogP contribution in [0.1, 0.15) is 21.6 Å². The van der Waals surface area contributed by atoms with Gasteiger partial charge in [-0.25, -0.2) is 4.39 Å². The predicted octanol–water partition coefficient (Wildman–Crippen LogP) is 2.38. The van der Waals surface area contributed by atoms with Crippen LogP contribution < -0.4 is 5.73 Å². The Morgan fingerprint density at radius 2 is 2.00 bits per heavy atom. The maximum Gasteiger partial charge on any atom is 0.255 e. The fourth-order valence-electron chi connectivity index (χ4n) is 1.91. The lowest BCUT2D eigenvalue weighted by Crippen LogP contribution is -2.27. The summed E-state index contributed by atoms with van der Waals surface area (Å²) < 4.78 is 12.8. The first-order valence-corrected chi connectivity index (χ1v) is 6.19. The van der Waals surface area contributed by atoms with E-state index in [1.807, 2.05) is 0 Å². The van der Waals surface area contributed by atoms with E-state index in [4.69, 9.17) is 5.73 Å². The molecule has 1 amide bonds. The summed E-state index contributed by atoms with van der Waals surface area (Å²) in [6.07, 6.45) is 1.52. The molecule has 2 N–H and O–H groups in total. The topological polar surface area (TPSA) is 59.2 Å². The number of benzene rings is 1. The predicted molar refractivity (Wildman–Crippen MR) is 75.6 cm³/mol. The number of hydrogen-bond donors (Lipinski definition) is 1. The van der Waals surface area contributed by atoms with Gasteiger partial charge in [-0.2, -0.15) is 0 Å². The zero-order valence-electron chi connectivity index (χ0n) is 11.4. The number of hydrogen-bond acceptors (Lipinski definition) is 3. The third-order valence-corrected chi connectivity index (χ3v) is 3.02. The van der Waals surface area contributed by atoms with Crippen LogP contribution in [-0.4, -0.2) is 22.8 Å². The Hall–Kier alpha value is -2.43. The summed E-state index contributed by atoms with van der Waals surface area (Å²) >= 11 is 0. The Bertz CT molecular complexity index is 626. The number of aryl methyl sites for hydroxylation is 1. The molecular weight excluding hydrogens is 257 g/mol. The molecule has 0 aliphatic heterocycles. The molecule has 0 bridgehead atoms. The van der Waals surface area contributed by atoms with Gasteiger partial charge in [0.25, 0.3) is 5.91 Å². The molecule has 0 fully saturated rings. The molecule has 1 aromatic heterocycles. The molecule has 0 saturated carbocycles. The zero-order chi connectivity index (χ0) is 14.7. The summed E-state index contributed by atoms with van der Waals surface area (Å²) in [7, 11) is 1.69. The molecule has 0 aliphatic carbocycles. The molecule has 0 atom stereocenters. The first-order valence-electron chi connectivity index (χ1n) is 6.19. The van der Waals surface area contributed by atoms with Gasteiger partial charge in [0.2, 0.25) is 0 Å². The van der Waals surface area contributed by atoms with E-state index in [-0.39, 0.29) is 11.7 Å². The average Bonchev–Trinajstić information content (AvgIpc) is 2.43. The van der Waals surface area contributed by atoms with Gasteiger partial charge in [0.05, 0.1) is 23.1 Å². The van der Waals surface area contributed by atoms with Gasteiger partial charge in [-0.05, 0) is 30.7 Å². The van der Waals surface area contributed by atoms with Gasteiger partial charge < -0.3 is 10.6 Å². The molecule has 0 radical (unpaired) electrons. The van der Waals surface area contributed by atoms with E-state index in [0.717, 1.165) is 5.56 Å². The zero-order valence-corrected chi connectivity index (χ0v) is 11.4. The van der Waals surface area contributed by atoms with Crippen LogP contribution in [0.5, 0.6) is 0 Å². The van der Waals surface area contributed by atoms with Crippen molar-refractivity contribution in [3.63, 3.8) is 0 Å². The van der Waals surface area contributed by atoms with Gasteiger partial charge in [-0.3, -0.25) is 9.78 Å². The lowest BCUT2D eigenvalue weighted by atomic mass is 10.1. The number of nitrogens with two attached hydrogens (primary N) is 1. The highest BCUT2D eigenvalue weighted by atomic mass is 19.1. The van der Waals surface area contributed by atoms with Crippen LogP contribution >= 0.6 is 0 Å².